The second-order valence-corrected chi connectivity index (χ2v) is 8.97. The van der Waals surface area contributed by atoms with Crippen LogP contribution in [0, 0.1) is 6.92 Å². The predicted octanol–water partition coefficient (Wildman–Crippen LogP) is 4.71. The van der Waals surface area contributed by atoms with Crippen molar-refractivity contribution in [3.8, 4) is 0 Å². The summed E-state index contributed by atoms with van der Waals surface area (Å²) in [6.45, 7) is 3.61. The van der Waals surface area contributed by atoms with Gasteiger partial charge in [0.25, 0.3) is 5.91 Å². The molecule has 0 spiro atoms. The Hall–Kier alpha value is -2.64. The van der Waals surface area contributed by atoms with Crippen LogP contribution in [-0.4, -0.2) is 22.5 Å². The SMILES string of the molecule is Cc1csc(Sc2ccc(NC(=O)C3(C)Cc4ccccc4C(=O)O3)cc2)n1. The Bertz CT molecular complexity index is 1050. The lowest BCUT2D eigenvalue weighted by Gasteiger charge is -2.33. The first-order chi connectivity index (χ1) is 13.4. The summed E-state index contributed by atoms with van der Waals surface area (Å²) < 4.78 is 6.46. The number of aryl methyl sites for hydroxylation is 1. The highest BCUT2D eigenvalue weighted by Crippen LogP contribution is 2.32. The molecule has 142 valence electrons. The van der Waals surface area contributed by atoms with Crippen LogP contribution in [0.4, 0.5) is 5.69 Å². The molecule has 0 bridgehead atoms. The van der Waals surface area contributed by atoms with Gasteiger partial charge in [0.15, 0.2) is 9.94 Å². The Kier molecular flexibility index (Phi) is 4.95. The molecule has 1 N–H and O–H groups in total. The van der Waals surface area contributed by atoms with Gasteiger partial charge in [0.1, 0.15) is 0 Å². The smallest absolute Gasteiger partial charge is 0.339 e. The van der Waals surface area contributed by atoms with E-state index in [-0.39, 0.29) is 5.91 Å². The summed E-state index contributed by atoms with van der Waals surface area (Å²) in [7, 11) is 0. The lowest BCUT2D eigenvalue weighted by Crippen LogP contribution is -2.48. The molecule has 2 aromatic carbocycles. The maximum absolute atomic E-state index is 12.8. The van der Waals surface area contributed by atoms with Crippen molar-refractivity contribution in [3.05, 3.63) is 70.7 Å². The number of carbonyl (C=O) groups excluding carboxylic acids is 2. The number of amides is 1. The van der Waals surface area contributed by atoms with Crippen LogP contribution in [0.5, 0.6) is 0 Å². The topological polar surface area (TPSA) is 68.3 Å². The van der Waals surface area contributed by atoms with Gasteiger partial charge in [0, 0.05) is 28.1 Å². The molecule has 5 nitrogen and oxygen atoms in total. The van der Waals surface area contributed by atoms with Crippen molar-refractivity contribution in [1.82, 2.24) is 4.98 Å². The molecule has 0 aliphatic carbocycles. The number of benzene rings is 2. The van der Waals surface area contributed by atoms with Gasteiger partial charge in [0.05, 0.1) is 5.56 Å². The van der Waals surface area contributed by atoms with Crippen LogP contribution in [-0.2, 0) is 16.0 Å². The number of esters is 1. The van der Waals surface area contributed by atoms with Crippen LogP contribution in [0.2, 0.25) is 0 Å². The van der Waals surface area contributed by atoms with Crippen LogP contribution in [0.25, 0.3) is 0 Å². The highest BCUT2D eigenvalue weighted by Gasteiger charge is 2.42. The number of anilines is 1. The first-order valence-electron chi connectivity index (χ1n) is 8.76. The van der Waals surface area contributed by atoms with Crippen molar-refractivity contribution in [2.24, 2.45) is 0 Å². The number of carbonyl (C=O) groups is 2. The van der Waals surface area contributed by atoms with Crippen molar-refractivity contribution in [2.75, 3.05) is 5.32 Å². The normalized spacial score (nSPS) is 18.3. The van der Waals surface area contributed by atoms with E-state index in [2.05, 4.69) is 10.3 Å². The summed E-state index contributed by atoms with van der Waals surface area (Å²) in [6, 6.07) is 14.8. The number of nitrogens with zero attached hydrogens (tertiary/aromatic N) is 1. The zero-order valence-corrected chi connectivity index (χ0v) is 17.0. The van der Waals surface area contributed by atoms with E-state index in [0.29, 0.717) is 17.7 Å². The van der Waals surface area contributed by atoms with E-state index in [9.17, 15) is 9.59 Å². The maximum atomic E-state index is 12.8. The Morgan fingerprint density at radius 2 is 1.96 bits per heavy atom. The molecule has 2 heterocycles. The standard InChI is InChI=1S/C21H18N2O3S2/c1-13-12-27-20(22-13)28-16-9-7-15(8-10-16)23-19(25)21(2)11-14-5-3-4-6-17(14)18(24)26-21/h3-10,12H,11H2,1-2H3,(H,23,25). The lowest BCUT2D eigenvalue weighted by molar-refractivity contribution is -0.134. The fraction of sp³-hybridized carbons (Fsp3) is 0.190. The van der Waals surface area contributed by atoms with Gasteiger partial charge in [-0.05, 0) is 49.7 Å². The molecule has 1 amide bonds. The number of cyclic esters (lactones) is 1. The molecule has 0 saturated carbocycles. The van der Waals surface area contributed by atoms with Crippen molar-refractivity contribution in [3.63, 3.8) is 0 Å². The molecule has 1 aromatic heterocycles. The summed E-state index contributed by atoms with van der Waals surface area (Å²) in [5.41, 5.74) is 1.76. The van der Waals surface area contributed by atoms with Gasteiger partial charge in [-0.15, -0.1) is 11.3 Å². The van der Waals surface area contributed by atoms with Gasteiger partial charge in [-0.2, -0.15) is 0 Å². The number of ether oxygens (including phenoxy) is 1. The first-order valence-corrected chi connectivity index (χ1v) is 10.5. The van der Waals surface area contributed by atoms with Crippen molar-refractivity contribution in [1.29, 1.82) is 0 Å². The van der Waals surface area contributed by atoms with Crippen molar-refractivity contribution < 1.29 is 14.3 Å². The average molecular weight is 411 g/mol. The molecule has 1 aliphatic heterocycles. The van der Waals surface area contributed by atoms with Crippen molar-refractivity contribution in [2.45, 2.75) is 35.1 Å². The number of hydrogen-bond donors (Lipinski definition) is 1. The molecule has 1 unspecified atom stereocenters. The minimum Gasteiger partial charge on any atom is -0.445 e. The number of hydrogen-bond acceptors (Lipinski definition) is 6. The van der Waals surface area contributed by atoms with E-state index < -0.39 is 11.6 Å². The summed E-state index contributed by atoms with van der Waals surface area (Å²) in [4.78, 5) is 30.6. The van der Waals surface area contributed by atoms with Crippen LogP contribution in [0.1, 0.15) is 28.5 Å². The predicted molar refractivity (Wildman–Crippen MR) is 110 cm³/mol. The van der Waals surface area contributed by atoms with Crippen LogP contribution >= 0.6 is 23.1 Å². The van der Waals surface area contributed by atoms with Gasteiger partial charge in [0.2, 0.25) is 0 Å². The third-order valence-electron chi connectivity index (χ3n) is 4.48. The minimum atomic E-state index is -1.24. The highest BCUT2D eigenvalue weighted by atomic mass is 32.2. The molecule has 0 radical (unpaired) electrons. The van der Waals surface area contributed by atoms with E-state index in [1.165, 1.54) is 0 Å². The number of fused-ring (bicyclic) bond motifs is 1. The maximum Gasteiger partial charge on any atom is 0.339 e. The second-order valence-electron chi connectivity index (χ2n) is 6.79. The Balaban J connectivity index is 1.45. The van der Waals surface area contributed by atoms with Gasteiger partial charge in [-0.1, -0.05) is 30.0 Å². The fourth-order valence-corrected chi connectivity index (χ4v) is 4.82. The molecule has 0 saturated heterocycles. The Labute approximate surface area is 171 Å². The number of aromatic nitrogens is 1. The minimum absolute atomic E-state index is 0.341. The quantitative estimate of drug-likeness (QED) is 0.631. The number of thiazole rings is 1. The zero-order valence-electron chi connectivity index (χ0n) is 15.4. The Morgan fingerprint density at radius 3 is 2.68 bits per heavy atom. The largest absolute Gasteiger partial charge is 0.445 e. The van der Waals surface area contributed by atoms with Gasteiger partial charge in [-0.25, -0.2) is 9.78 Å². The number of rotatable bonds is 4. The molecular weight excluding hydrogens is 392 g/mol. The third kappa shape index (κ3) is 3.81. The van der Waals surface area contributed by atoms with E-state index >= 15 is 0 Å². The molecule has 1 atom stereocenters. The van der Waals surface area contributed by atoms with Crippen LogP contribution < -0.4 is 5.32 Å². The van der Waals surface area contributed by atoms with Crippen LogP contribution in [0.15, 0.2) is 63.1 Å². The van der Waals surface area contributed by atoms with E-state index in [1.54, 1.807) is 42.2 Å². The summed E-state index contributed by atoms with van der Waals surface area (Å²) >= 11 is 3.19. The van der Waals surface area contributed by atoms with Crippen molar-refractivity contribution >= 4 is 40.7 Å². The molecule has 0 fully saturated rings. The summed E-state index contributed by atoms with van der Waals surface area (Å²) in [6.07, 6.45) is 0.345. The van der Waals surface area contributed by atoms with Gasteiger partial charge < -0.3 is 10.1 Å². The molecule has 28 heavy (non-hydrogen) atoms. The Morgan fingerprint density at radius 1 is 1.21 bits per heavy atom. The lowest BCUT2D eigenvalue weighted by atomic mass is 9.89. The zero-order chi connectivity index (χ0) is 19.7. The highest BCUT2D eigenvalue weighted by molar-refractivity contribution is 8.01. The monoisotopic (exact) mass is 410 g/mol. The summed E-state index contributed by atoms with van der Waals surface area (Å²) in [5.74, 6) is -0.809. The van der Waals surface area contributed by atoms with Crippen LogP contribution in [0.3, 0.4) is 0 Å². The van der Waals surface area contributed by atoms with E-state index in [1.807, 2.05) is 48.7 Å². The van der Waals surface area contributed by atoms with E-state index in [4.69, 9.17) is 4.74 Å². The first kappa shape index (κ1) is 18.7. The molecule has 7 heteroatoms. The molecule has 4 rings (SSSR count). The fourth-order valence-electron chi connectivity index (χ4n) is 3.01. The van der Waals surface area contributed by atoms with E-state index in [0.717, 1.165) is 20.5 Å². The average Bonchev–Trinajstić information content (AvgIpc) is 3.08. The number of nitrogens with one attached hydrogen (secondary N) is 1. The van der Waals surface area contributed by atoms with Gasteiger partial charge >= 0.3 is 5.97 Å². The third-order valence-corrected chi connectivity index (χ3v) is 6.54. The van der Waals surface area contributed by atoms with Gasteiger partial charge in [-0.3, -0.25) is 4.79 Å². The summed E-state index contributed by atoms with van der Waals surface area (Å²) in [5, 5.41) is 4.88. The molecule has 3 aromatic rings. The second kappa shape index (κ2) is 7.41. The molecule has 1 aliphatic rings. The molecular formula is C21H18N2O3S2.